The van der Waals surface area contributed by atoms with Gasteiger partial charge in [0.15, 0.2) is 0 Å². The lowest BCUT2D eigenvalue weighted by atomic mass is 9.89. The molecule has 1 aliphatic rings. The normalized spacial score (nSPS) is 17.8. The number of hydrogen-bond donors (Lipinski definition) is 2. The fourth-order valence-corrected chi connectivity index (χ4v) is 2.94. The molecule has 24 heavy (non-hydrogen) atoms. The zero-order chi connectivity index (χ0) is 16.4. The van der Waals surface area contributed by atoms with Gasteiger partial charge >= 0.3 is 0 Å². The Morgan fingerprint density at radius 2 is 2.21 bits per heavy atom. The van der Waals surface area contributed by atoms with Crippen molar-refractivity contribution in [2.75, 3.05) is 5.73 Å². The second kappa shape index (κ2) is 7.09. The molecule has 1 aromatic heterocycles. The molecule has 0 aliphatic carbocycles. The van der Waals surface area contributed by atoms with E-state index >= 15 is 0 Å². The summed E-state index contributed by atoms with van der Waals surface area (Å²) in [4.78, 5) is 16.4. The molecule has 6 heteroatoms. The quantitative estimate of drug-likeness (QED) is 0.836. The minimum Gasteiger partial charge on any atom is -0.487 e. The third-order valence-corrected chi connectivity index (χ3v) is 3.91. The SMILES string of the molecule is CC1(C)CC(NC(=O)Cc2cccnc2)c2cc(N)ccc2O1.Cl. The van der Waals surface area contributed by atoms with Crippen LogP contribution in [-0.2, 0) is 11.2 Å². The highest BCUT2D eigenvalue weighted by molar-refractivity contribution is 5.85. The largest absolute Gasteiger partial charge is 0.487 e. The van der Waals surface area contributed by atoms with Crippen LogP contribution in [0.1, 0.15) is 37.4 Å². The minimum absolute atomic E-state index is 0. The number of halogens is 1. The van der Waals surface area contributed by atoms with Gasteiger partial charge in [0, 0.05) is 30.1 Å². The summed E-state index contributed by atoms with van der Waals surface area (Å²) >= 11 is 0. The summed E-state index contributed by atoms with van der Waals surface area (Å²) in [5, 5.41) is 3.10. The van der Waals surface area contributed by atoms with E-state index in [2.05, 4.69) is 10.3 Å². The Labute approximate surface area is 148 Å². The van der Waals surface area contributed by atoms with E-state index in [1.807, 2.05) is 44.2 Å². The van der Waals surface area contributed by atoms with E-state index in [-0.39, 0.29) is 30.0 Å². The lowest BCUT2D eigenvalue weighted by Gasteiger charge is -2.38. The minimum atomic E-state index is -0.338. The van der Waals surface area contributed by atoms with Crippen LogP contribution in [0.5, 0.6) is 5.75 Å². The maximum Gasteiger partial charge on any atom is 0.224 e. The van der Waals surface area contributed by atoms with Gasteiger partial charge in [-0.25, -0.2) is 0 Å². The van der Waals surface area contributed by atoms with E-state index in [9.17, 15) is 4.79 Å². The molecule has 0 radical (unpaired) electrons. The van der Waals surface area contributed by atoms with Crippen molar-refractivity contribution in [3.05, 3.63) is 53.9 Å². The molecule has 0 saturated carbocycles. The van der Waals surface area contributed by atoms with Crippen molar-refractivity contribution >= 4 is 24.0 Å². The molecule has 1 atom stereocenters. The van der Waals surface area contributed by atoms with Crippen LogP contribution in [0.2, 0.25) is 0 Å². The molecule has 5 nitrogen and oxygen atoms in total. The van der Waals surface area contributed by atoms with Crippen LogP contribution >= 0.6 is 12.4 Å². The number of nitrogens with zero attached hydrogens (tertiary/aromatic N) is 1. The van der Waals surface area contributed by atoms with Crippen molar-refractivity contribution in [2.45, 2.75) is 38.3 Å². The Morgan fingerprint density at radius 1 is 1.42 bits per heavy atom. The number of nitrogens with two attached hydrogens (primary N) is 1. The summed E-state index contributed by atoms with van der Waals surface area (Å²) < 4.78 is 5.99. The van der Waals surface area contributed by atoms with Crippen molar-refractivity contribution in [3.63, 3.8) is 0 Å². The summed E-state index contributed by atoms with van der Waals surface area (Å²) in [5.74, 6) is 0.746. The molecule has 2 heterocycles. The molecule has 0 saturated heterocycles. The second-order valence-electron chi connectivity index (χ2n) is 6.52. The smallest absolute Gasteiger partial charge is 0.224 e. The molecule has 1 amide bonds. The van der Waals surface area contributed by atoms with Gasteiger partial charge in [-0.05, 0) is 43.7 Å². The monoisotopic (exact) mass is 347 g/mol. The van der Waals surface area contributed by atoms with Crippen molar-refractivity contribution < 1.29 is 9.53 Å². The van der Waals surface area contributed by atoms with Crippen molar-refractivity contribution in [1.82, 2.24) is 10.3 Å². The zero-order valence-corrected chi connectivity index (χ0v) is 14.6. The van der Waals surface area contributed by atoms with Crippen LogP contribution in [0, 0.1) is 0 Å². The van der Waals surface area contributed by atoms with Gasteiger partial charge in [0.2, 0.25) is 5.91 Å². The third-order valence-electron chi connectivity index (χ3n) is 3.91. The van der Waals surface area contributed by atoms with Crippen LogP contribution in [0.25, 0.3) is 0 Å². The number of nitrogen functional groups attached to an aromatic ring is 1. The summed E-state index contributed by atoms with van der Waals surface area (Å²) in [6.07, 6.45) is 4.41. The Balaban J connectivity index is 0.00000208. The lowest BCUT2D eigenvalue weighted by Crippen LogP contribution is -2.41. The van der Waals surface area contributed by atoms with Crippen LogP contribution in [0.3, 0.4) is 0 Å². The molecule has 0 spiro atoms. The van der Waals surface area contributed by atoms with E-state index < -0.39 is 0 Å². The number of anilines is 1. The molecule has 0 fully saturated rings. The summed E-state index contributed by atoms with van der Waals surface area (Å²) in [5.41, 5.74) is 8.04. The number of ether oxygens (including phenoxy) is 1. The Bertz CT molecular complexity index is 719. The Morgan fingerprint density at radius 3 is 2.92 bits per heavy atom. The number of carbonyl (C=O) groups is 1. The molecular weight excluding hydrogens is 326 g/mol. The number of carbonyl (C=O) groups excluding carboxylic acids is 1. The average Bonchev–Trinajstić information content (AvgIpc) is 2.48. The molecule has 0 bridgehead atoms. The third kappa shape index (κ3) is 4.17. The predicted octanol–water partition coefficient (Wildman–Crippen LogP) is 3.05. The molecule has 1 aliphatic heterocycles. The first-order valence-electron chi connectivity index (χ1n) is 7.70. The standard InChI is InChI=1S/C18H21N3O2.ClH/c1-18(2)10-15(14-9-13(19)5-6-16(14)23-18)21-17(22)8-12-4-3-7-20-11-12;/h3-7,9,11,15H,8,10,19H2,1-2H3,(H,21,22);1H. The first kappa shape index (κ1) is 18.1. The number of nitrogens with one attached hydrogen (secondary N) is 1. The molecule has 1 aromatic carbocycles. The van der Waals surface area contributed by atoms with Gasteiger partial charge in [-0.3, -0.25) is 9.78 Å². The highest BCUT2D eigenvalue weighted by Crippen LogP contribution is 2.40. The molecule has 1 unspecified atom stereocenters. The summed E-state index contributed by atoms with van der Waals surface area (Å²) in [7, 11) is 0. The molecular formula is C18H22ClN3O2. The number of rotatable bonds is 3. The Hall–Kier alpha value is -2.27. The maximum absolute atomic E-state index is 12.4. The number of hydrogen-bond acceptors (Lipinski definition) is 4. The van der Waals surface area contributed by atoms with Crippen LogP contribution in [0.4, 0.5) is 5.69 Å². The molecule has 3 N–H and O–H groups in total. The van der Waals surface area contributed by atoms with Gasteiger partial charge in [-0.1, -0.05) is 6.07 Å². The van der Waals surface area contributed by atoms with Crippen molar-refractivity contribution in [2.24, 2.45) is 0 Å². The van der Waals surface area contributed by atoms with Crippen molar-refractivity contribution in [3.8, 4) is 5.75 Å². The van der Waals surface area contributed by atoms with E-state index in [1.54, 1.807) is 12.4 Å². The van der Waals surface area contributed by atoms with Crippen LogP contribution in [0.15, 0.2) is 42.7 Å². The Kier molecular flexibility index (Phi) is 5.34. The van der Waals surface area contributed by atoms with E-state index in [1.165, 1.54) is 0 Å². The fraction of sp³-hybridized carbons (Fsp3) is 0.333. The zero-order valence-electron chi connectivity index (χ0n) is 13.8. The number of amides is 1. The lowest BCUT2D eigenvalue weighted by molar-refractivity contribution is -0.121. The number of fused-ring (bicyclic) bond motifs is 1. The number of benzene rings is 1. The van der Waals surface area contributed by atoms with Gasteiger partial charge in [0.25, 0.3) is 0 Å². The van der Waals surface area contributed by atoms with Gasteiger partial charge in [0.1, 0.15) is 11.4 Å². The van der Waals surface area contributed by atoms with Crippen LogP contribution in [-0.4, -0.2) is 16.5 Å². The maximum atomic E-state index is 12.4. The van der Waals surface area contributed by atoms with Crippen LogP contribution < -0.4 is 15.8 Å². The van der Waals surface area contributed by atoms with Gasteiger partial charge in [-0.2, -0.15) is 0 Å². The topological polar surface area (TPSA) is 77.2 Å². The van der Waals surface area contributed by atoms with Gasteiger partial charge < -0.3 is 15.8 Å². The van der Waals surface area contributed by atoms with Gasteiger partial charge in [-0.15, -0.1) is 12.4 Å². The van der Waals surface area contributed by atoms with E-state index in [0.717, 1.165) is 16.9 Å². The molecule has 2 aromatic rings. The first-order valence-corrected chi connectivity index (χ1v) is 7.70. The number of pyridine rings is 1. The molecule has 128 valence electrons. The second-order valence-corrected chi connectivity index (χ2v) is 6.52. The fourth-order valence-electron chi connectivity index (χ4n) is 2.94. The predicted molar refractivity (Wildman–Crippen MR) is 96.3 cm³/mol. The molecule has 3 rings (SSSR count). The summed E-state index contributed by atoms with van der Waals surface area (Å²) in [6, 6.07) is 9.17. The van der Waals surface area contributed by atoms with Gasteiger partial charge in [0.05, 0.1) is 12.5 Å². The first-order chi connectivity index (χ1) is 10.9. The highest BCUT2D eigenvalue weighted by Gasteiger charge is 2.34. The van der Waals surface area contributed by atoms with E-state index in [4.69, 9.17) is 10.5 Å². The highest BCUT2D eigenvalue weighted by atomic mass is 35.5. The number of aromatic nitrogens is 1. The summed E-state index contributed by atoms with van der Waals surface area (Å²) in [6.45, 7) is 4.04. The average molecular weight is 348 g/mol. The van der Waals surface area contributed by atoms with Crippen molar-refractivity contribution in [1.29, 1.82) is 0 Å². The van der Waals surface area contributed by atoms with E-state index in [0.29, 0.717) is 18.5 Å².